The summed E-state index contributed by atoms with van der Waals surface area (Å²) in [6.45, 7) is -0.182. The van der Waals surface area contributed by atoms with Gasteiger partial charge >= 0.3 is 5.97 Å². The van der Waals surface area contributed by atoms with Gasteiger partial charge in [-0.25, -0.2) is 17.9 Å². The van der Waals surface area contributed by atoms with Gasteiger partial charge in [-0.3, -0.25) is 5.10 Å². The van der Waals surface area contributed by atoms with Crippen molar-refractivity contribution in [2.45, 2.75) is 18.2 Å². The van der Waals surface area contributed by atoms with E-state index < -0.39 is 26.6 Å². The van der Waals surface area contributed by atoms with E-state index in [1.807, 2.05) is 0 Å². The molecule has 0 saturated heterocycles. The van der Waals surface area contributed by atoms with Gasteiger partial charge in [0.05, 0.1) is 12.8 Å². The van der Waals surface area contributed by atoms with Crippen LogP contribution in [-0.4, -0.2) is 34.8 Å². The Morgan fingerprint density at radius 3 is 2.71 bits per heavy atom. The van der Waals surface area contributed by atoms with Crippen molar-refractivity contribution in [3.63, 3.8) is 0 Å². The highest BCUT2D eigenvalue weighted by Gasteiger charge is 2.24. The van der Waals surface area contributed by atoms with Crippen LogP contribution in [0.5, 0.6) is 0 Å². The monoisotopic (exact) mass is 311 g/mol. The van der Waals surface area contributed by atoms with E-state index in [0.717, 1.165) is 6.20 Å². The molecule has 21 heavy (non-hydrogen) atoms. The van der Waals surface area contributed by atoms with Gasteiger partial charge in [0.1, 0.15) is 5.56 Å². The highest BCUT2D eigenvalue weighted by Crippen LogP contribution is 2.13. The number of carboxylic acid groups (broad SMARTS) is 1. The Bertz CT molecular complexity index is 754. The van der Waals surface area contributed by atoms with Crippen LogP contribution in [0, 0.1) is 0 Å². The summed E-state index contributed by atoms with van der Waals surface area (Å²) >= 11 is 0. The average molecular weight is 311 g/mol. The van der Waals surface area contributed by atoms with Crippen molar-refractivity contribution in [2.75, 3.05) is 0 Å². The number of benzene rings is 1. The normalized spacial score (nSPS) is 11.5. The number of carboxylic acids is 1. The smallest absolute Gasteiger partial charge is 0.340 e. The molecule has 4 N–H and O–H groups in total. The van der Waals surface area contributed by atoms with Gasteiger partial charge < -0.3 is 10.2 Å². The van der Waals surface area contributed by atoms with Crippen LogP contribution >= 0.6 is 0 Å². The molecule has 0 atom stereocenters. The number of aliphatic hydroxyl groups is 1. The number of nitrogens with zero attached hydrogens (tertiary/aromatic N) is 1. The predicted octanol–water partition coefficient (Wildman–Crippen LogP) is 0.0787. The topological polar surface area (TPSA) is 132 Å². The number of aliphatic hydroxyl groups excluding tert-OH is 1. The molecule has 0 aliphatic heterocycles. The van der Waals surface area contributed by atoms with Crippen LogP contribution in [0.4, 0.5) is 0 Å². The standard InChI is InChI=1S/C12H13N3O5S/c16-7-9-3-1-2-8(4-9)5-14-21(19,20)11-10(12(17)18)6-13-15-11/h1-4,6,14,16H,5,7H2,(H,13,15)(H,17,18). The number of carbonyl (C=O) groups is 1. The quantitative estimate of drug-likeness (QED) is 0.597. The Balaban J connectivity index is 2.18. The molecule has 8 nitrogen and oxygen atoms in total. The van der Waals surface area contributed by atoms with Gasteiger partial charge in [0, 0.05) is 6.54 Å². The first-order chi connectivity index (χ1) is 9.94. The van der Waals surface area contributed by atoms with E-state index in [4.69, 9.17) is 10.2 Å². The molecule has 0 spiro atoms. The number of hydrogen-bond acceptors (Lipinski definition) is 5. The molecular weight excluding hydrogens is 298 g/mol. The van der Waals surface area contributed by atoms with E-state index in [-0.39, 0.29) is 13.2 Å². The minimum Gasteiger partial charge on any atom is -0.478 e. The van der Waals surface area contributed by atoms with E-state index in [1.54, 1.807) is 24.3 Å². The van der Waals surface area contributed by atoms with E-state index in [9.17, 15) is 13.2 Å². The minimum absolute atomic E-state index is 0.0335. The molecule has 0 aliphatic carbocycles. The van der Waals surface area contributed by atoms with Crippen LogP contribution in [0.2, 0.25) is 0 Å². The Labute approximate surface area is 120 Å². The Kier molecular flexibility index (Phi) is 4.36. The van der Waals surface area contributed by atoms with Gasteiger partial charge in [-0.15, -0.1) is 0 Å². The summed E-state index contributed by atoms with van der Waals surface area (Å²) in [7, 11) is -4.02. The van der Waals surface area contributed by atoms with Crippen molar-refractivity contribution < 1.29 is 23.4 Å². The summed E-state index contributed by atoms with van der Waals surface area (Å²) < 4.78 is 26.4. The summed E-state index contributed by atoms with van der Waals surface area (Å²) in [5.41, 5.74) is 0.868. The maximum Gasteiger partial charge on any atom is 0.340 e. The molecule has 0 unspecified atom stereocenters. The highest BCUT2D eigenvalue weighted by atomic mass is 32.2. The van der Waals surface area contributed by atoms with Crippen molar-refractivity contribution in [3.05, 3.63) is 47.2 Å². The third-order valence-electron chi connectivity index (χ3n) is 2.74. The van der Waals surface area contributed by atoms with Crippen LogP contribution in [0.1, 0.15) is 21.5 Å². The molecule has 1 aromatic heterocycles. The number of rotatable bonds is 6. The molecule has 0 aliphatic rings. The molecule has 1 heterocycles. The van der Waals surface area contributed by atoms with Crippen LogP contribution < -0.4 is 4.72 Å². The zero-order chi connectivity index (χ0) is 15.5. The maximum atomic E-state index is 12.1. The Morgan fingerprint density at radius 2 is 2.05 bits per heavy atom. The summed E-state index contributed by atoms with van der Waals surface area (Å²) in [5, 5.41) is 23.0. The molecule has 1 aromatic carbocycles. The second-order valence-electron chi connectivity index (χ2n) is 4.22. The molecule has 112 valence electrons. The van der Waals surface area contributed by atoms with Crippen molar-refractivity contribution in [3.8, 4) is 0 Å². The Morgan fingerprint density at radius 1 is 1.33 bits per heavy atom. The summed E-state index contributed by atoms with van der Waals surface area (Å²) in [5.74, 6) is -1.38. The number of hydrogen-bond donors (Lipinski definition) is 4. The maximum absolute atomic E-state index is 12.1. The van der Waals surface area contributed by atoms with Gasteiger partial charge in [-0.2, -0.15) is 5.10 Å². The van der Waals surface area contributed by atoms with Crippen LogP contribution in [0.3, 0.4) is 0 Å². The fourth-order valence-corrected chi connectivity index (χ4v) is 2.82. The summed E-state index contributed by atoms with van der Waals surface area (Å²) in [6, 6.07) is 6.73. The number of nitrogens with one attached hydrogen (secondary N) is 2. The lowest BCUT2D eigenvalue weighted by Crippen LogP contribution is -2.25. The molecule has 0 saturated carbocycles. The summed E-state index contributed by atoms with van der Waals surface area (Å²) in [4.78, 5) is 10.9. The minimum atomic E-state index is -4.02. The zero-order valence-electron chi connectivity index (χ0n) is 10.8. The van der Waals surface area contributed by atoms with Gasteiger partial charge in [0.2, 0.25) is 0 Å². The average Bonchev–Trinajstić information content (AvgIpc) is 2.96. The second-order valence-corrected chi connectivity index (χ2v) is 5.92. The van der Waals surface area contributed by atoms with E-state index >= 15 is 0 Å². The van der Waals surface area contributed by atoms with E-state index in [0.29, 0.717) is 11.1 Å². The van der Waals surface area contributed by atoms with Crippen molar-refractivity contribution in [2.24, 2.45) is 0 Å². The molecular formula is C12H13N3O5S. The van der Waals surface area contributed by atoms with Crippen molar-refractivity contribution in [1.82, 2.24) is 14.9 Å². The molecule has 0 amide bonds. The fourth-order valence-electron chi connectivity index (χ4n) is 1.72. The third-order valence-corrected chi connectivity index (χ3v) is 4.12. The second kappa shape index (κ2) is 6.04. The number of aromatic carboxylic acids is 1. The van der Waals surface area contributed by atoms with Crippen LogP contribution in [0.25, 0.3) is 0 Å². The predicted molar refractivity (Wildman–Crippen MR) is 71.9 cm³/mol. The van der Waals surface area contributed by atoms with Gasteiger partial charge in [0.25, 0.3) is 10.0 Å². The highest BCUT2D eigenvalue weighted by molar-refractivity contribution is 7.89. The van der Waals surface area contributed by atoms with Crippen molar-refractivity contribution >= 4 is 16.0 Å². The van der Waals surface area contributed by atoms with Gasteiger partial charge in [-0.05, 0) is 11.1 Å². The van der Waals surface area contributed by atoms with Crippen molar-refractivity contribution in [1.29, 1.82) is 0 Å². The first-order valence-corrected chi connectivity index (χ1v) is 7.37. The molecule has 2 aromatic rings. The largest absolute Gasteiger partial charge is 0.478 e. The van der Waals surface area contributed by atoms with E-state index in [1.165, 1.54) is 0 Å². The summed E-state index contributed by atoms with van der Waals surface area (Å²) in [6.07, 6.45) is 0.934. The van der Waals surface area contributed by atoms with Gasteiger partial charge in [0.15, 0.2) is 5.03 Å². The lowest BCUT2D eigenvalue weighted by molar-refractivity contribution is 0.0692. The number of aromatic nitrogens is 2. The number of H-pyrrole nitrogens is 1. The lowest BCUT2D eigenvalue weighted by atomic mass is 10.1. The third kappa shape index (κ3) is 3.45. The fraction of sp³-hybridized carbons (Fsp3) is 0.167. The van der Waals surface area contributed by atoms with Crippen LogP contribution in [-0.2, 0) is 23.2 Å². The molecule has 9 heteroatoms. The number of aromatic amines is 1. The van der Waals surface area contributed by atoms with E-state index in [2.05, 4.69) is 14.9 Å². The van der Waals surface area contributed by atoms with Crippen LogP contribution in [0.15, 0.2) is 35.5 Å². The first kappa shape index (κ1) is 15.2. The first-order valence-electron chi connectivity index (χ1n) is 5.89. The molecule has 2 rings (SSSR count). The zero-order valence-corrected chi connectivity index (χ0v) is 11.6. The molecule has 0 radical (unpaired) electrons. The molecule has 0 bridgehead atoms. The SMILES string of the molecule is O=C(O)c1cn[nH]c1S(=O)(=O)NCc1cccc(CO)c1. The van der Waals surface area contributed by atoms with Gasteiger partial charge in [-0.1, -0.05) is 24.3 Å². The number of sulfonamides is 1. The molecule has 0 fully saturated rings. The Hall–Kier alpha value is -2.23. The lowest BCUT2D eigenvalue weighted by Gasteiger charge is -2.07.